The lowest BCUT2D eigenvalue weighted by Crippen LogP contribution is -2.51. The highest BCUT2D eigenvalue weighted by Gasteiger charge is 2.24. The van der Waals surface area contributed by atoms with Gasteiger partial charge < -0.3 is 10.5 Å². The van der Waals surface area contributed by atoms with Gasteiger partial charge in [-0.25, -0.2) is 0 Å². The number of benzene rings is 1. The lowest BCUT2D eigenvalue weighted by molar-refractivity contribution is -0.0529. The summed E-state index contributed by atoms with van der Waals surface area (Å²) in [6.07, 6.45) is 1.31. The SMILES string of the molecule is CC1COC(CN)CN1CCc1ccccc1. The van der Waals surface area contributed by atoms with E-state index >= 15 is 0 Å². The number of nitrogens with zero attached hydrogens (tertiary/aromatic N) is 1. The van der Waals surface area contributed by atoms with E-state index in [2.05, 4.69) is 42.2 Å². The summed E-state index contributed by atoms with van der Waals surface area (Å²) in [5, 5.41) is 0. The molecule has 0 saturated carbocycles. The first kappa shape index (κ1) is 12.6. The Labute approximate surface area is 104 Å². The van der Waals surface area contributed by atoms with Gasteiger partial charge in [0.15, 0.2) is 0 Å². The van der Waals surface area contributed by atoms with Gasteiger partial charge in [-0.2, -0.15) is 0 Å². The zero-order valence-corrected chi connectivity index (χ0v) is 10.5. The Morgan fingerprint density at radius 3 is 2.82 bits per heavy atom. The van der Waals surface area contributed by atoms with E-state index in [0.29, 0.717) is 12.6 Å². The highest BCUT2D eigenvalue weighted by Crippen LogP contribution is 2.12. The molecule has 0 spiro atoms. The normalized spacial score (nSPS) is 26.0. The van der Waals surface area contributed by atoms with Crippen molar-refractivity contribution in [2.45, 2.75) is 25.5 Å². The van der Waals surface area contributed by atoms with E-state index in [-0.39, 0.29) is 6.10 Å². The van der Waals surface area contributed by atoms with Gasteiger partial charge in [-0.3, -0.25) is 4.90 Å². The van der Waals surface area contributed by atoms with Crippen molar-refractivity contribution in [2.75, 3.05) is 26.2 Å². The summed E-state index contributed by atoms with van der Waals surface area (Å²) in [5.41, 5.74) is 7.07. The van der Waals surface area contributed by atoms with Crippen LogP contribution in [-0.4, -0.2) is 43.3 Å². The Morgan fingerprint density at radius 2 is 2.12 bits per heavy atom. The molecule has 0 bridgehead atoms. The smallest absolute Gasteiger partial charge is 0.0824 e. The van der Waals surface area contributed by atoms with Gasteiger partial charge in [0.05, 0.1) is 12.7 Å². The summed E-state index contributed by atoms with van der Waals surface area (Å²) < 4.78 is 5.65. The number of rotatable bonds is 4. The molecular weight excluding hydrogens is 212 g/mol. The zero-order chi connectivity index (χ0) is 12.1. The summed E-state index contributed by atoms with van der Waals surface area (Å²) in [5.74, 6) is 0. The van der Waals surface area contributed by atoms with Crippen LogP contribution in [0.2, 0.25) is 0 Å². The second kappa shape index (κ2) is 6.15. The minimum atomic E-state index is 0.210. The van der Waals surface area contributed by atoms with Crippen LogP contribution < -0.4 is 5.73 Å². The molecule has 2 atom stereocenters. The summed E-state index contributed by atoms with van der Waals surface area (Å²) >= 11 is 0. The van der Waals surface area contributed by atoms with Crippen LogP contribution in [0.25, 0.3) is 0 Å². The minimum absolute atomic E-state index is 0.210. The first-order valence-corrected chi connectivity index (χ1v) is 6.39. The van der Waals surface area contributed by atoms with Crippen molar-refractivity contribution in [1.29, 1.82) is 0 Å². The van der Waals surface area contributed by atoms with Gasteiger partial charge in [-0.1, -0.05) is 30.3 Å². The second-order valence-electron chi connectivity index (χ2n) is 4.77. The van der Waals surface area contributed by atoms with Crippen molar-refractivity contribution in [3.63, 3.8) is 0 Å². The van der Waals surface area contributed by atoms with Crippen molar-refractivity contribution >= 4 is 0 Å². The molecule has 1 fully saturated rings. The third-order valence-electron chi connectivity index (χ3n) is 3.43. The molecule has 0 amide bonds. The first-order valence-electron chi connectivity index (χ1n) is 6.39. The highest BCUT2D eigenvalue weighted by molar-refractivity contribution is 5.14. The predicted octanol–water partition coefficient (Wildman–Crippen LogP) is 1.28. The molecule has 3 nitrogen and oxygen atoms in total. The van der Waals surface area contributed by atoms with Gasteiger partial charge in [0.1, 0.15) is 0 Å². The Kier molecular flexibility index (Phi) is 4.54. The largest absolute Gasteiger partial charge is 0.374 e. The number of morpholine rings is 1. The number of hydrogen-bond acceptors (Lipinski definition) is 3. The van der Waals surface area contributed by atoms with Crippen molar-refractivity contribution in [3.05, 3.63) is 35.9 Å². The summed E-state index contributed by atoms with van der Waals surface area (Å²) in [6.45, 7) is 5.69. The summed E-state index contributed by atoms with van der Waals surface area (Å²) in [4.78, 5) is 2.48. The molecule has 1 aliphatic rings. The van der Waals surface area contributed by atoms with E-state index in [4.69, 9.17) is 10.5 Å². The molecule has 1 heterocycles. The maximum Gasteiger partial charge on any atom is 0.0824 e. The Morgan fingerprint density at radius 1 is 1.35 bits per heavy atom. The Hall–Kier alpha value is -0.900. The first-order chi connectivity index (χ1) is 8.29. The molecule has 2 N–H and O–H groups in total. The lowest BCUT2D eigenvalue weighted by Gasteiger charge is -2.37. The molecule has 1 saturated heterocycles. The van der Waals surface area contributed by atoms with Crippen molar-refractivity contribution in [1.82, 2.24) is 4.90 Å². The molecule has 1 aromatic carbocycles. The highest BCUT2D eigenvalue weighted by atomic mass is 16.5. The fourth-order valence-electron chi connectivity index (χ4n) is 2.25. The van der Waals surface area contributed by atoms with Gasteiger partial charge in [-0.15, -0.1) is 0 Å². The monoisotopic (exact) mass is 234 g/mol. The molecule has 0 aliphatic carbocycles. The summed E-state index contributed by atoms with van der Waals surface area (Å²) in [7, 11) is 0. The molecule has 0 radical (unpaired) electrons. The number of hydrogen-bond donors (Lipinski definition) is 1. The Balaban J connectivity index is 1.85. The average molecular weight is 234 g/mol. The van der Waals surface area contributed by atoms with Crippen molar-refractivity contribution in [3.8, 4) is 0 Å². The van der Waals surface area contributed by atoms with Crippen LogP contribution in [0.4, 0.5) is 0 Å². The molecule has 17 heavy (non-hydrogen) atoms. The molecule has 1 aliphatic heterocycles. The quantitative estimate of drug-likeness (QED) is 0.853. The fourth-order valence-corrected chi connectivity index (χ4v) is 2.25. The lowest BCUT2D eigenvalue weighted by atomic mass is 10.1. The van der Waals surface area contributed by atoms with Crippen LogP contribution in [0.15, 0.2) is 30.3 Å². The fraction of sp³-hybridized carbons (Fsp3) is 0.571. The van der Waals surface area contributed by atoms with Gasteiger partial charge in [0.2, 0.25) is 0 Å². The third-order valence-corrected chi connectivity index (χ3v) is 3.43. The van der Waals surface area contributed by atoms with Crippen molar-refractivity contribution in [2.24, 2.45) is 5.73 Å². The number of ether oxygens (including phenoxy) is 1. The molecule has 0 aromatic heterocycles. The molecule has 94 valence electrons. The molecule has 2 rings (SSSR count). The maximum absolute atomic E-state index is 5.67. The van der Waals surface area contributed by atoms with Crippen LogP contribution in [0.5, 0.6) is 0 Å². The number of nitrogens with two attached hydrogens (primary N) is 1. The van der Waals surface area contributed by atoms with Crippen LogP contribution in [-0.2, 0) is 11.2 Å². The van der Waals surface area contributed by atoms with E-state index in [0.717, 1.165) is 26.1 Å². The third kappa shape index (κ3) is 3.53. The van der Waals surface area contributed by atoms with Crippen LogP contribution >= 0.6 is 0 Å². The maximum atomic E-state index is 5.67. The zero-order valence-electron chi connectivity index (χ0n) is 10.5. The predicted molar refractivity (Wildman–Crippen MR) is 70.0 cm³/mol. The van der Waals surface area contributed by atoms with E-state index in [1.165, 1.54) is 5.56 Å². The van der Waals surface area contributed by atoms with E-state index in [9.17, 15) is 0 Å². The van der Waals surface area contributed by atoms with E-state index in [1.807, 2.05) is 0 Å². The van der Waals surface area contributed by atoms with Crippen molar-refractivity contribution < 1.29 is 4.74 Å². The molecule has 1 aromatic rings. The van der Waals surface area contributed by atoms with Crippen LogP contribution in [0.1, 0.15) is 12.5 Å². The van der Waals surface area contributed by atoms with E-state index in [1.54, 1.807) is 0 Å². The second-order valence-corrected chi connectivity index (χ2v) is 4.77. The van der Waals surface area contributed by atoms with E-state index < -0.39 is 0 Å². The Bertz CT molecular complexity index is 328. The minimum Gasteiger partial charge on any atom is -0.374 e. The van der Waals surface area contributed by atoms with Crippen LogP contribution in [0, 0.1) is 0 Å². The topological polar surface area (TPSA) is 38.5 Å². The van der Waals surface area contributed by atoms with Gasteiger partial charge >= 0.3 is 0 Å². The standard InChI is InChI=1S/C14H22N2O/c1-12-11-17-14(9-15)10-16(12)8-7-13-5-3-2-4-6-13/h2-6,12,14H,7-11,15H2,1H3. The molecular formula is C14H22N2O. The average Bonchev–Trinajstić information content (AvgIpc) is 2.39. The van der Waals surface area contributed by atoms with Gasteiger partial charge in [-0.05, 0) is 18.9 Å². The summed E-state index contributed by atoms with van der Waals surface area (Å²) in [6, 6.07) is 11.1. The van der Waals surface area contributed by atoms with Gasteiger partial charge in [0, 0.05) is 25.7 Å². The van der Waals surface area contributed by atoms with Gasteiger partial charge in [0.25, 0.3) is 0 Å². The molecule has 2 unspecified atom stereocenters. The van der Waals surface area contributed by atoms with Crippen LogP contribution in [0.3, 0.4) is 0 Å². The molecule has 3 heteroatoms.